The lowest BCUT2D eigenvalue weighted by Gasteiger charge is -2.22. The number of nitrogens with zero attached hydrogens (tertiary/aromatic N) is 3. The van der Waals surface area contributed by atoms with E-state index in [0.29, 0.717) is 43.6 Å². The smallest absolute Gasteiger partial charge is 0.387 e. The number of para-hydroxylation sites is 1. The molecule has 0 aliphatic carbocycles. The Kier molecular flexibility index (Phi) is 5.17. The first-order valence-corrected chi connectivity index (χ1v) is 9.92. The van der Waals surface area contributed by atoms with Crippen LogP contribution >= 0.6 is 0 Å². The Morgan fingerprint density at radius 3 is 2.43 bits per heavy atom. The van der Waals surface area contributed by atoms with Gasteiger partial charge in [-0.25, -0.2) is 0 Å². The van der Waals surface area contributed by atoms with Gasteiger partial charge < -0.3 is 24.1 Å². The zero-order valence-corrected chi connectivity index (χ0v) is 17.1. The number of benzene rings is 1. The van der Waals surface area contributed by atoms with Crippen molar-refractivity contribution in [3.05, 3.63) is 41.3 Å². The number of ether oxygens (including phenoxy) is 1. The number of carbonyl (C=O) groups excluding carboxylic acids is 1. The number of likely N-dealkylation sites (tertiary alicyclic amines) is 1. The third-order valence-corrected chi connectivity index (χ3v) is 5.74. The molecule has 7 nitrogen and oxygen atoms in total. The van der Waals surface area contributed by atoms with Gasteiger partial charge in [-0.15, -0.1) is 0 Å². The zero-order chi connectivity index (χ0) is 21.6. The Bertz CT molecular complexity index is 927. The summed E-state index contributed by atoms with van der Waals surface area (Å²) in [5.41, 5.74) is -0.423. The Hall–Kier alpha value is -2.68. The van der Waals surface area contributed by atoms with Crippen molar-refractivity contribution >= 4 is 11.9 Å². The minimum Gasteiger partial charge on any atom is -0.434 e. The molecule has 162 valence electrons. The van der Waals surface area contributed by atoms with Gasteiger partial charge in [0.15, 0.2) is 0 Å². The van der Waals surface area contributed by atoms with Gasteiger partial charge in [-0.3, -0.25) is 4.79 Å². The SMILES string of the molecule is Cc1oc(N2CC3CN(C(=O)c4ccccc4OC(F)F)CC3C2)nc1C(C)(C)O. The fourth-order valence-electron chi connectivity index (χ4n) is 4.41. The summed E-state index contributed by atoms with van der Waals surface area (Å²) in [6, 6.07) is 6.56. The molecule has 2 aromatic rings. The first-order chi connectivity index (χ1) is 14.1. The molecular weight excluding hydrogens is 396 g/mol. The van der Waals surface area contributed by atoms with E-state index in [9.17, 15) is 18.7 Å². The van der Waals surface area contributed by atoms with Gasteiger partial charge in [0.25, 0.3) is 11.9 Å². The number of aryl methyl sites for hydroxylation is 1. The van der Waals surface area contributed by atoms with Crippen molar-refractivity contribution in [3.8, 4) is 5.75 Å². The minimum atomic E-state index is -2.98. The van der Waals surface area contributed by atoms with Crippen molar-refractivity contribution in [1.29, 1.82) is 0 Å². The van der Waals surface area contributed by atoms with Crippen molar-refractivity contribution in [3.63, 3.8) is 0 Å². The van der Waals surface area contributed by atoms with Crippen LogP contribution in [-0.4, -0.2) is 53.7 Å². The summed E-state index contributed by atoms with van der Waals surface area (Å²) in [6.45, 7) is 4.54. The average molecular weight is 421 g/mol. The Labute approximate surface area is 173 Å². The minimum absolute atomic E-state index is 0.106. The van der Waals surface area contributed by atoms with E-state index in [4.69, 9.17) is 4.42 Å². The molecule has 1 N–H and O–H groups in total. The first-order valence-electron chi connectivity index (χ1n) is 9.92. The molecule has 3 heterocycles. The summed E-state index contributed by atoms with van der Waals surface area (Å²) in [5.74, 6) is 0.640. The number of anilines is 1. The number of halogens is 2. The summed E-state index contributed by atoms with van der Waals surface area (Å²) >= 11 is 0. The summed E-state index contributed by atoms with van der Waals surface area (Å²) in [7, 11) is 0. The molecule has 1 amide bonds. The number of aromatic nitrogens is 1. The topological polar surface area (TPSA) is 79.0 Å². The molecule has 1 aromatic heterocycles. The maximum atomic E-state index is 12.9. The van der Waals surface area contributed by atoms with E-state index in [-0.39, 0.29) is 29.1 Å². The van der Waals surface area contributed by atoms with Gasteiger partial charge in [-0.2, -0.15) is 13.8 Å². The second kappa shape index (κ2) is 7.54. The molecule has 0 radical (unpaired) electrons. The maximum Gasteiger partial charge on any atom is 0.387 e. The lowest BCUT2D eigenvalue weighted by atomic mass is 10.0. The molecular formula is C21H25F2N3O4. The quantitative estimate of drug-likeness (QED) is 0.800. The van der Waals surface area contributed by atoms with E-state index in [1.807, 2.05) is 4.90 Å². The highest BCUT2D eigenvalue weighted by Crippen LogP contribution is 2.36. The van der Waals surface area contributed by atoms with Crippen LogP contribution < -0.4 is 9.64 Å². The van der Waals surface area contributed by atoms with E-state index < -0.39 is 12.2 Å². The molecule has 1 aromatic carbocycles. The van der Waals surface area contributed by atoms with E-state index in [1.54, 1.807) is 37.8 Å². The molecule has 0 bridgehead atoms. The highest BCUT2D eigenvalue weighted by atomic mass is 19.3. The van der Waals surface area contributed by atoms with Gasteiger partial charge in [0, 0.05) is 38.0 Å². The molecule has 4 rings (SSSR count). The van der Waals surface area contributed by atoms with Gasteiger partial charge in [0.05, 0.1) is 5.56 Å². The highest BCUT2D eigenvalue weighted by Gasteiger charge is 2.43. The monoisotopic (exact) mass is 421 g/mol. The number of fused-ring (bicyclic) bond motifs is 1. The second-order valence-electron chi connectivity index (χ2n) is 8.47. The number of oxazole rings is 1. The lowest BCUT2D eigenvalue weighted by Crippen LogP contribution is -2.33. The molecule has 9 heteroatoms. The number of aliphatic hydroxyl groups is 1. The van der Waals surface area contributed by atoms with Crippen LogP contribution in [0, 0.1) is 18.8 Å². The highest BCUT2D eigenvalue weighted by molar-refractivity contribution is 5.97. The molecule has 0 saturated carbocycles. The number of carbonyl (C=O) groups is 1. The van der Waals surface area contributed by atoms with Crippen molar-refractivity contribution < 1.29 is 27.8 Å². The largest absolute Gasteiger partial charge is 0.434 e. The summed E-state index contributed by atoms with van der Waals surface area (Å²) < 4.78 is 35.6. The van der Waals surface area contributed by atoms with Gasteiger partial charge in [0.2, 0.25) is 0 Å². The number of amides is 1. The third-order valence-electron chi connectivity index (χ3n) is 5.74. The number of rotatable bonds is 5. The number of hydrogen-bond acceptors (Lipinski definition) is 6. The van der Waals surface area contributed by atoms with Crippen LogP contribution in [0.2, 0.25) is 0 Å². The van der Waals surface area contributed by atoms with E-state index in [0.717, 1.165) is 0 Å². The maximum absolute atomic E-state index is 12.9. The number of hydrogen-bond donors (Lipinski definition) is 1. The predicted molar refractivity (Wildman–Crippen MR) is 105 cm³/mol. The van der Waals surface area contributed by atoms with Crippen LogP contribution in [0.15, 0.2) is 28.7 Å². The Morgan fingerprint density at radius 1 is 1.23 bits per heavy atom. The zero-order valence-electron chi connectivity index (χ0n) is 17.1. The van der Waals surface area contributed by atoms with Crippen molar-refractivity contribution in [1.82, 2.24) is 9.88 Å². The van der Waals surface area contributed by atoms with Gasteiger partial charge in [-0.1, -0.05) is 12.1 Å². The fraction of sp³-hybridized carbons (Fsp3) is 0.524. The molecule has 2 unspecified atom stereocenters. The average Bonchev–Trinajstić information content (AvgIpc) is 3.33. The molecule has 30 heavy (non-hydrogen) atoms. The lowest BCUT2D eigenvalue weighted by molar-refractivity contribution is -0.0502. The van der Waals surface area contributed by atoms with Crippen LogP contribution in [0.1, 0.15) is 35.7 Å². The summed E-state index contributed by atoms with van der Waals surface area (Å²) in [4.78, 5) is 21.1. The molecule has 2 aliphatic heterocycles. The van der Waals surface area contributed by atoms with Crippen LogP contribution in [-0.2, 0) is 5.60 Å². The van der Waals surface area contributed by atoms with Crippen molar-refractivity contribution in [2.45, 2.75) is 33.0 Å². The van der Waals surface area contributed by atoms with Crippen molar-refractivity contribution in [2.75, 3.05) is 31.1 Å². The van der Waals surface area contributed by atoms with Crippen LogP contribution in [0.5, 0.6) is 5.75 Å². The van der Waals surface area contributed by atoms with Crippen LogP contribution in [0.25, 0.3) is 0 Å². The number of alkyl halides is 2. The molecule has 0 spiro atoms. The predicted octanol–water partition coefficient (Wildman–Crippen LogP) is 3.02. The normalized spacial score (nSPS) is 21.4. The van der Waals surface area contributed by atoms with Gasteiger partial charge >= 0.3 is 6.61 Å². The van der Waals surface area contributed by atoms with Gasteiger partial charge in [0.1, 0.15) is 22.8 Å². The molecule has 2 aliphatic rings. The standard InChI is InChI=1S/C21H25F2N3O4/c1-12-17(21(2,3)28)24-20(29-12)26-10-13-8-25(9-14(13)11-26)18(27)15-6-4-5-7-16(15)30-19(22)23/h4-7,13-14,19,28H,8-11H2,1-3H3. The fourth-order valence-corrected chi connectivity index (χ4v) is 4.41. The Balaban J connectivity index is 1.44. The Morgan fingerprint density at radius 2 is 1.87 bits per heavy atom. The molecule has 2 fully saturated rings. The molecule has 2 saturated heterocycles. The summed E-state index contributed by atoms with van der Waals surface area (Å²) in [6.07, 6.45) is 0. The van der Waals surface area contributed by atoms with Crippen molar-refractivity contribution in [2.24, 2.45) is 11.8 Å². The van der Waals surface area contributed by atoms with E-state index in [2.05, 4.69) is 9.72 Å². The van der Waals surface area contributed by atoms with Gasteiger partial charge in [-0.05, 0) is 32.9 Å². The second-order valence-corrected chi connectivity index (χ2v) is 8.47. The third kappa shape index (κ3) is 3.86. The molecule has 2 atom stereocenters. The summed E-state index contributed by atoms with van der Waals surface area (Å²) in [5, 5.41) is 10.2. The first kappa shape index (κ1) is 20.6. The van der Waals surface area contributed by atoms with Crippen LogP contribution in [0.4, 0.5) is 14.8 Å². The van der Waals surface area contributed by atoms with E-state index in [1.165, 1.54) is 12.1 Å². The van der Waals surface area contributed by atoms with Crippen LogP contribution in [0.3, 0.4) is 0 Å². The van der Waals surface area contributed by atoms with E-state index >= 15 is 0 Å².